The van der Waals surface area contributed by atoms with E-state index in [0.29, 0.717) is 11.8 Å². The molecule has 0 saturated carbocycles. The van der Waals surface area contributed by atoms with Crippen LogP contribution in [0, 0.1) is 12.1 Å². The van der Waals surface area contributed by atoms with Gasteiger partial charge in [-0.2, -0.15) is 11.3 Å². The minimum Gasteiger partial charge on any atom is -0.305 e. The number of thiophene rings is 1. The Bertz CT molecular complexity index is 2160. The third-order valence-electron chi connectivity index (χ3n) is 9.39. The summed E-state index contributed by atoms with van der Waals surface area (Å²) in [5.74, 6) is 1.12. The zero-order chi connectivity index (χ0) is 34.5. The molecule has 0 aliphatic carbocycles. The first-order valence-electron chi connectivity index (χ1n) is 17.5. The van der Waals surface area contributed by atoms with Crippen molar-refractivity contribution in [3.63, 3.8) is 0 Å². The van der Waals surface area contributed by atoms with E-state index in [1.165, 1.54) is 47.6 Å². The normalized spacial score (nSPS) is 11.5. The first-order chi connectivity index (χ1) is 23.7. The van der Waals surface area contributed by atoms with E-state index in [0.717, 1.165) is 35.4 Å². The molecule has 0 amide bonds. The van der Waals surface area contributed by atoms with Gasteiger partial charge < -0.3 is 9.97 Å². The summed E-state index contributed by atoms with van der Waals surface area (Å²) in [7, 11) is -1.34. The van der Waals surface area contributed by atoms with Gasteiger partial charge in [-0.05, 0) is 80.7 Å². The van der Waals surface area contributed by atoms with Crippen LogP contribution in [0.3, 0.4) is 0 Å². The van der Waals surface area contributed by atoms with Gasteiger partial charge in [0, 0.05) is 37.2 Å². The van der Waals surface area contributed by atoms with Crippen LogP contribution in [-0.2, 0) is 20.1 Å². The molecule has 0 saturated heterocycles. The molecule has 0 N–H and O–H groups in total. The fourth-order valence-corrected chi connectivity index (χ4v) is 9.48. The smallest absolute Gasteiger partial charge is 0.0799 e. The summed E-state index contributed by atoms with van der Waals surface area (Å²) in [6, 6.07) is 43.1. The summed E-state index contributed by atoms with van der Waals surface area (Å²) in [4.78, 5) is 9.38. The molecule has 0 fully saturated rings. The van der Waals surface area contributed by atoms with Crippen molar-refractivity contribution < 1.29 is 20.1 Å². The van der Waals surface area contributed by atoms with Gasteiger partial charge in [0.15, 0.2) is 0 Å². The van der Waals surface area contributed by atoms with Gasteiger partial charge in [0.1, 0.15) is 0 Å². The number of aromatic nitrogens is 2. The molecule has 7 aromatic rings. The van der Waals surface area contributed by atoms with Crippen LogP contribution < -0.4 is 5.19 Å². The van der Waals surface area contributed by atoms with Crippen LogP contribution >= 0.6 is 11.3 Å². The van der Waals surface area contributed by atoms with E-state index in [2.05, 4.69) is 150 Å². The van der Waals surface area contributed by atoms with E-state index in [-0.39, 0.29) is 20.1 Å². The second-order valence-electron chi connectivity index (χ2n) is 14.1. The van der Waals surface area contributed by atoms with Crippen LogP contribution in [0.5, 0.6) is 0 Å². The first-order valence-corrected chi connectivity index (χ1v) is 21.9. The van der Waals surface area contributed by atoms with Crippen LogP contribution in [0.1, 0.15) is 63.5 Å². The summed E-state index contributed by atoms with van der Waals surface area (Å²) in [5.41, 5.74) is 9.58. The molecule has 257 valence electrons. The van der Waals surface area contributed by atoms with Crippen LogP contribution in [0.4, 0.5) is 0 Å². The molecule has 3 heterocycles. The van der Waals surface area contributed by atoms with Crippen molar-refractivity contribution in [2.24, 2.45) is 0 Å². The molecule has 0 atom stereocenters. The van der Waals surface area contributed by atoms with Crippen molar-refractivity contribution in [2.45, 2.75) is 72.0 Å². The van der Waals surface area contributed by atoms with Crippen LogP contribution in [0.25, 0.3) is 53.8 Å². The molecule has 0 spiro atoms. The standard InChI is InChI=1S/C28H24NS.C17H22NSi.Ir/c1-3-19(4-2)22-15-16-29-26(18-22)24-12-8-11-23-25-17-21(20-9-6-5-7-10-20)13-14-27(25)30-28(23)24;1-13(2)15-11-16(14-9-7-6-8-10-14)18-12-17(15)19(3,4)5;/h5-11,13-19H,3-4H2,1-2H3;6-9,11-13H,1-5H3;/q2*-1;. The molecular weight excluding hydrogens is 821 g/mol. The third kappa shape index (κ3) is 8.24. The van der Waals surface area contributed by atoms with Gasteiger partial charge in [-0.25, -0.2) is 0 Å². The van der Waals surface area contributed by atoms with Crippen molar-refractivity contribution in [3.8, 4) is 33.6 Å². The molecule has 0 aliphatic rings. The molecule has 0 aliphatic heterocycles. The number of benzene rings is 4. The van der Waals surface area contributed by atoms with Crippen LogP contribution in [0.2, 0.25) is 19.6 Å². The van der Waals surface area contributed by atoms with E-state index in [1.807, 2.05) is 41.8 Å². The minimum atomic E-state index is -1.34. The fourth-order valence-electron chi connectivity index (χ4n) is 6.62. The molecular formula is C45H46IrN2SSi-2. The van der Waals surface area contributed by atoms with Crippen LogP contribution in [-0.4, -0.2) is 18.0 Å². The average Bonchev–Trinajstić information content (AvgIpc) is 3.51. The minimum absolute atomic E-state index is 0. The Morgan fingerprint density at radius 1 is 0.720 bits per heavy atom. The molecule has 3 aromatic heterocycles. The van der Waals surface area contributed by atoms with Crippen molar-refractivity contribution in [1.29, 1.82) is 0 Å². The Labute approximate surface area is 317 Å². The largest absolute Gasteiger partial charge is 0.305 e. The van der Waals surface area contributed by atoms with Crippen molar-refractivity contribution in [2.75, 3.05) is 0 Å². The Morgan fingerprint density at radius 2 is 1.48 bits per heavy atom. The SMILES string of the molecule is CC(C)c1cc(-c2[c-]cccc2)ncc1[Si](C)(C)C.CCC(CC)c1ccnc(-c2[c-]ccc3c2sc2ccc(-c4ccccc4)cc23)c1.[Ir]. The van der Waals surface area contributed by atoms with Gasteiger partial charge in [-0.15, -0.1) is 59.7 Å². The molecule has 0 bridgehead atoms. The maximum Gasteiger partial charge on any atom is 0.0799 e. The summed E-state index contributed by atoms with van der Waals surface area (Å²) in [5, 5.41) is 4.07. The Balaban J connectivity index is 0.000000211. The molecule has 1 radical (unpaired) electrons. The monoisotopic (exact) mass is 867 g/mol. The first kappa shape index (κ1) is 37.5. The molecule has 5 heteroatoms. The zero-order valence-electron chi connectivity index (χ0n) is 30.2. The molecule has 2 nitrogen and oxygen atoms in total. The fraction of sp³-hybridized carbons (Fsp3) is 0.244. The van der Waals surface area contributed by atoms with Gasteiger partial charge in [0.25, 0.3) is 0 Å². The summed E-state index contributed by atoms with van der Waals surface area (Å²) in [6.45, 7) is 16.2. The number of hydrogen-bond acceptors (Lipinski definition) is 3. The number of fused-ring (bicyclic) bond motifs is 3. The van der Waals surface area contributed by atoms with Gasteiger partial charge in [-0.1, -0.05) is 112 Å². The van der Waals surface area contributed by atoms with Crippen molar-refractivity contribution in [1.82, 2.24) is 9.97 Å². The molecule has 0 unspecified atom stereocenters. The third-order valence-corrected chi connectivity index (χ3v) is 12.6. The van der Waals surface area contributed by atoms with E-state index in [1.54, 1.807) is 0 Å². The maximum atomic E-state index is 4.72. The molecule has 4 aromatic carbocycles. The average molecular weight is 867 g/mol. The van der Waals surface area contributed by atoms with Gasteiger partial charge in [-0.3, -0.25) is 0 Å². The Kier molecular flexibility index (Phi) is 12.4. The number of pyridine rings is 2. The molecule has 50 heavy (non-hydrogen) atoms. The quantitative estimate of drug-likeness (QED) is 0.112. The van der Waals surface area contributed by atoms with E-state index >= 15 is 0 Å². The zero-order valence-corrected chi connectivity index (χ0v) is 34.4. The number of rotatable bonds is 8. The van der Waals surface area contributed by atoms with Gasteiger partial charge in [0.05, 0.1) is 8.07 Å². The second-order valence-corrected chi connectivity index (χ2v) is 20.2. The van der Waals surface area contributed by atoms with E-state index in [4.69, 9.17) is 4.98 Å². The number of nitrogens with zero attached hydrogens (tertiary/aromatic N) is 2. The van der Waals surface area contributed by atoms with Crippen molar-refractivity contribution in [3.05, 3.63) is 139 Å². The predicted octanol–water partition coefficient (Wildman–Crippen LogP) is 12.7. The van der Waals surface area contributed by atoms with E-state index < -0.39 is 8.07 Å². The van der Waals surface area contributed by atoms with Gasteiger partial charge >= 0.3 is 0 Å². The number of hydrogen-bond donors (Lipinski definition) is 0. The van der Waals surface area contributed by atoms with Crippen LogP contribution in [0.15, 0.2) is 116 Å². The Morgan fingerprint density at radius 3 is 2.16 bits per heavy atom. The summed E-state index contributed by atoms with van der Waals surface area (Å²) < 4.78 is 2.58. The summed E-state index contributed by atoms with van der Waals surface area (Å²) in [6.07, 6.45) is 6.35. The topological polar surface area (TPSA) is 25.8 Å². The van der Waals surface area contributed by atoms with E-state index in [9.17, 15) is 0 Å². The maximum absolute atomic E-state index is 4.72. The van der Waals surface area contributed by atoms with Crippen molar-refractivity contribution >= 4 is 44.8 Å². The summed E-state index contributed by atoms with van der Waals surface area (Å²) >= 11 is 1.84. The molecule has 7 rings (SSSR count). The Hall–Kier alpha value is -3.73. The second kappa shape index (κ2) is 16.5. The predicted molar refractivity (Wildman–Crippen MR) is 216 cm³/mol. The van der Waals surface area contributed by atoms with Gasteiger partial charge in [0.2, 0.25) is 0 Å².